The topological polar surface area (TPSA) is 106 Å². The van der Waals surface area contributed by atoms with Crippen LogP contribution in [0.2, 0.25) is 0 Å². The first-order chi connectivity index (χ1) is 4.04. The van der Waals surface area contributed by atoms with Crippen molar-refractivity contribution in [2.75, 3.05) is 0 Å². The fourth-order valence-corrected chi connectivity index (χ4v) is 0.263. The molecule has 0 saturated carbocycles. The van der Waals surface area contributed by atoms with Crippen molar-refractivity contribution in [1.29, 1.82) is 0 Å². The molecule has 0 rings (SSSR count). The van der Waals surface area contributed by atoms with Crippen molar-refractivity contribution >= 4 is 11.9 Å². The minimum Gasteiger partial charge on any atom is -0.550 e. The maximum atomic E-state index is 9.71. The molecule has 0 amide bonds. The first-order valence-corrected chi connectivity index (χ1v) is 2.20. The summed E-state index contributed by atoms with van der Waals surface area (Å²) in [6, 6.07) is -1.46. The van der Waals surface area contributed by atoms with Gasteiger partial charge in [0.05, 0.1) is 5.97 Å². The van der Waals surface area contributed by atoms with Crippen LogP contribution in [0, 0.1) is 0 Å². The molecule has 6 heteroatoms. The first-order valence-electron chi connectivity index (χ1n) is 2.20. The summed E-state index contributed by atoms with van der Waals surface area (Å²) in [5.74, 6) is -3.08. The third kappa shape index (κ3) is 5.77. The Morgan fingerprint density at radius 2 is 1.80 bits per heavy atom. The molecule has 0 fully saturated rings. The second-order valence-corrected chi connectivity index (χ2v) is 1.50. The van der Waals surface area contributed by atoms with Crippen LogP contribution < -0.4 is 15.9 Å². The molecule has 0 aromatic heterocycles. The van der Waals surface area contributed by atoms with E-state index in [1.165, 1.54) is 0 Å². The molecule has 5 nitrogen and oxygen atoms in total. The van der Waals surface area contributed by atoms with E-state index in [-0.39, 0.29) is 22.4 Å². The Kier molecular flexibility index (Phi) is 6.69. The van der Waals surface area contributed by atoms with Gasteiger partial charge in [0.2, 0.25) is 0 Å². The van der Waals surface area contributed by atoms with E-state index in [4.69, 9.17) is 5.73 Å². The van der Waals surface area contributed by atoms with Gasteiger partial charge in [0.15, 0.2) is 0 Å². The molecule has 1 radical (unpaired) electrons. The van der Waals surface area contributed by atoms with E-state index < -0.39 is 24.4 Å². The largest absolute Gasteiger partial charge is 0.550 e. The Morgan fingerprint density at radius 1 is 1.40 bits per heavy atom. The van der Waals surface area contributed by atoms with Crippen LogP contribution in [-0.4, -0.2) is 18.0 Å². The minimum absolute atomic E-state index is 0. The van der Waals surface area contributed by atoms with E-state index >= 15 is 0 Å². The maximum absolute atomic E-state index is 9.71. The summed E-state index contributed by atoms with van der Waals surface area (Å²) in [5, 5.41) is 19.3. The van der Waals surface area contributed by atoms with Gasteiger partial charge in [0, 0.05) is 40.8 Å². The van der Waals surface area contributed by atoms with Crippen LogP contribution in [0.25, 0.3) is 0 Å². The Balaban J connectivity index is 0. The molecule has 0 spiro atoms. The van der Waals surface area contributed by atoms with Gasteiger partial charge in [-0.05, 0) is 0 Å². The molecule has 0 saturated heterocycles. The van der Waals surface area contributed by atoms with Crippen molar-refractivity contribution in [2.24, 2.45) is 5.73 Å². The Bertz CT molecular complexity index is 137. The second kappa shape index (κ2) is 5.43. The van der Waals surface area contributed by atoms with Crippen LogP contribution in [0.15, 0.2) is 0 Å². The van der Waals surface area contributed by atoms with E-state index in [1.807, 2.05) is 0 Å². The van der Waals surface area contributed by atoms with Gasteiger partial charge in [-0.15, -0.1) is 0 Å². The van der Waals surface area contributed by atoms with E-state index in [2.05, 4.69) is 0 Å². The molecule has 2 N–H and O–H groups in total. The van der Waals surface area contributed by atoms with Crippen LogP contribution in [0.4, 0.5) is 0 Å². The zero-order chi connectivity index (χ0) is 7.44. The van der Waals surface area contributed by atoms with Crippen molar-refractivity contribution in [1.82, 2.24) is 0 Å². The predicted molar refractivity (Wildman–Crippen MR) is 22.6 cm³/mol. The molecule has 1 atom stereocenters. The van der Waals surface area contributed by atoms with Crippen LogP contribution in [0.3, 0.4) is 0 Å². The monoisotopic (exact) mass is 238 g/mol. The average Bonchev–Trinajstić information content (AvgIpc) is 1.63. The minimum atomic E-state index is -1.58. The summed E-state index contributed by atoms with van der Waals surface area (Å²) >= 11 is 0. The first kappa shape index (κ1) is 12.3. The Labute approximate surface area is 72.7 Å². The fraction of sp³-hybridized carbons (Fsp3) is 0.500. The molecule has 0 aliphatic carbocycles. The molecule has 0 aromatic rings. The molecular formula is C4H5AgNO4-2. The number of hydrogen-bond donors (Lipinski definition) is 1. The van der Waals surface area contributed by atoms with Crippen LogP contribution in [0.5, 0.6) is 0 Å². The van der Waals surface area contributed by atoms with Crippen molar-refractivity contribution in [3.63, 3.8) is 0 Å². The normalized spacial score (nSPS) is 11.3. The van der Waals surface area contributed by atoms with Crippen molar-refractivity contribution in [3.8, 4) is 0 Å². The molecule has 0 aromatic carbocycles. The zero-order valence-corrected chi connectivity index (χ0v) is 6.28. The number of hydrogen-bond acceptors (Lipinski definition) is 5. The van der Waals surface area contributed by atoms with Gasteiger partial charge >= 0.3 is 0 Å². The van der Waals surface area contributed by atoms with E-state index in [0.29, 0.717) is 0 Å². The van der Waals surface area contributed by atoms with E-state index in [1.54, 1.807) is 0 Å². The van der Waals surface area contributed by atoms with Crippen molar-refractivity contribution in [2.45, 2.75) is 12.5 Å². The smallest absolute Gasteiger partial charge is 0.0586 e. The molecule has 63 valence electrons. The summed E-state index contributed by atoms with van der Waals surface area (Å²) < 4.78 is 0. The van der Waals surface area contributed by atoms with Gasteiger partial charge in [0.1, 0.15) is 0 Å². The molecule has 0 bridgehead atoms. The van der Waals surface area contributed by atoms with Gasteiger partial charge < -0.3 is 25.5 Å². The van der Waals surface area contributed by atoms with Gasteiger partial charge in [-0.3, -0.25) is 0 Å². The van der Waals surface area contributed by atoms with E-state index in [9.17, 15) is 19.8 Å². The number of carboxylic acids is 2. The number of carboxylic acid groups (broad SMARTS) is 2. The van der Waals surface area contributed by atoms with Gasteiger partial charge in [0.25, 0.3) is 0 Å². The summed E-state index contributed by atoms with van der Waals surface area (Å²) in [6.07, 6.45) is -0.706. The third-order valence-corrected chi connectivity index (χ3v) is 0.689. The summed E-state index contributed by atoms with van der Waals surface area (Å²) in [7, 11) is 0. The molecule has 0 aliphatic rings. The fourth-order valence-electron chi connectivity index (χ4n) is 0.263. The van der Waals surface area contributed by atoms with Crippen molar-refractivity contribution < 1.29 is 42.2 Å². The number of nitrogens with two attached hydrogens (primary N) is 1. The molecule has 10 heavy (non-hydrogen) atoms. The van der Waals surface area contributed by atoms with Crippen LogP contribution >= 0.6 is 0 Å². The molecular weight excluding hydrogens is 234 g/mol. The molecule has 0 heterocycles. The summed E-state index contributed by atoms with van der Waals surface area (Å²) in [5.41, 5.74) is 4.73. The number of carbonyl (C=O) groups is 2. The van der Waals surface area contributed by atoms with Gasteiger partial charge in [-0.25, -0.2) is 0 Å². The number of carbonyl (C=O) groups excluding carboxylic acids is 2. The standard InChI is InChI=1S/C4H7NO4.Ag/c5-2(4(8)9)1-3(6)7;/h2H,1,5H2,(H,6,7)(H,8,9);/p-2/t2-;/m0./s1. The second-order valence-electron chi connectivity index (χ2n) is 1.50. The Morgan fingerprint density at radius 3 is 1.90 bits per heavy atom. The summed E-state index contributed by atoms with van der Waals surface area (Å²) in [4.78, 5) is 19.3. The number of aliphatic carboxylic acids is 2. The third-order valence-electron chi connectivity index (χ3n) is 0.689. The van der Waals surface area contributed by atoms with Crippen LogP contribution in [-0.2, 0) is 32.0 Å². The van der Waals surface area contributed by atoms with Gasteiger partial charge in [-0.2, -0.15) is 0 Å². The average molecular weight is 239 g/mol. The van der Waals surface area contributed by atoms with Gasteiger partial charge in [-0.1, -0.05) is 0 Å². The quantitative estimate of drug-likeness (QED) is 0.508. The van der Waals surface area contributed by atoms with E-state index in [0.717, 1.165) is 0 Å². The Hall–Kier alpha value is -0.360. The predicted octanol–water partition coefficient (Wildman–Crippen LogP) is -3.80. The molecule has 0 aliphatic heterocycles. The maximum Gasteiger partial charge on any atom is 0.0586 e. The number of rotatable bonds is 3. The SMILES string of the molecule is N[C@@H](CC(=O)[O-])C(=O)[O-].[Ag]. The van der Waals surface area contributed by atoms with Crippen LogP contribution in [0.1, 0.15) is 6.42 Å². The summed E-state index contributed by atoms with van der Waals surface area (Å²) in [6.45, 7) is 0. The molecule has 0 unspecified atom stereocenters. The van der Waals surface area contributed by atoms with Crippen molar-refractivity contribution in [3.05, 3.63) is 0 Å². The zero-order valence-electron chi connectivity index (χ0n) is 4.80.